The van der Waals surface area contributed by atoms with Crippen LogP contribution in [0.15, 0.2) is 0 Å². The molecule has 1 aliphatic rings. The second kappa shape index (κ2) is 7.01. The highest BCUT2D eigenvalue weighted by atomic mass is 32.1. The molecule has 88 valence electrons. The lowest BCUT2D eigenvalue weighted by atomic mass is 9.87. The molecule has 0 spiro atoms. The molecule has 15 heavy (non-hydrogen) atoms. The molecule has 0 aromatic carbocycles. The van der Waals surface area contributed by atoms with E-state index in [1.165, 1.54) is 25.7 Å². The number of nitrogens with one attached hydrogen (secondary N) is 2. The van der Waals surface area contributed by atoms with Crippen molar-refractivity contribution in [3.63, 3.8) is 0 Å². The van der Waals surface area contributed by atoms with E-state index >= 15 is 0 Å². The van der Waals surface area contributed by atoms with Gasteiger partial charge in [0, 0.05) is 19.7 Å². The van der Waals surface area contributed by atoms with Gasteiger partial charge in [0.25, 0.3) is 0 Å². The van der Waals surface area contributed by atoms with Gasteiger partial charge in [-0.3, -0.25) is 0 Å². The first-order chi connectivity index (χ1) is 7.22. The SMILES string of the molecule is COCCNC(=S)NC1CCC(C)CC1. The summed E-state index contributed by atoms with van der Waals surface area (Å²) < 4.78 is 4.95. The Bertz CT molecular complexity index is 191. The van der Waals surface area contributed by atoms with Crippen molar-refractivity contribution in [1.82, 2.24) is 10.6 Å². The van der Waals surface area contributed by atoms with Crippen LogP contribution in [0.4, 0.5) is 0 Å². The molecule has 0 aromatic heterocycles. The van der Waals surface area contributed by atoms with Gasteiger partial charge in [-0.05, 0) is 43.8 Å². The highest BCUT2D eigenvalue weighted by molar-refractivity contribution is 7.80. The maximum absolute atomic E-state index is 5.20. The summed E-state index contributed by atoms with van der Waals surface area (Å²) in [6.45, 7) is 3.81. The van der Waals surface area contributed by atoms with Crippen molar-refractivity contribution in [2.24, 2.45) is 5.92 Å². The van der Waals surface area contributed by atoms with Crippen LogP contribution in [0.25, 0.3) is 0 Å². The van der Waals surface area contributed by atoms with Crippen molar-refractivity contribution in [3.8, 4) is 0 Å². The standard InChI is InChI=1S/C11H22N2OS/c1-9-3-5-10(6-4-9)13-11(15)12-7-8-14-2/h9-10H,3-8H2,1-2H3,(H2,12,13,15). The summed E-state index contributed by atoms with van der Waals surface area (Å²) in [7, 11) is 1.70. The average Bonchev–Trinajstić information content (AvgIpc) is 2.22. The van der Waals surface area contributed by atoms with Gasteiger partial charge in [0.2, 0.25) is 0 Å². The number of ether oxygens (including phenoxy) is 1. The van der Waals surface area contributed by atoms with Gasteiger partial charge in [0.15, 0.2) is 5.11 Å². The van der Waals surface area contributed by atoms with Crippen molar-refractivity contribution in [1.29, 1.82) is 0 Å². The van der Waals surface area contributed by atoms with Crippen LogP contribution in [-0.2, 0) is 4.74 Å². The molecule has 0 aliphatic heterocycles. The molecule has 2 N–H and O–H groups in total. The van der Waals surface area contributed by atoms with E-state index < -0.39 is 0 Å². The smallest absolute Gasteiger partial charge is 0.166 e. The fourth-order valence-electron chi connectivity index (χ4n) is 1.91. The van der Waals surface area contributed by atoms with Crippen LogP contribution in [0.3, 0.4) is 0 Å². The second-order valence-electron chi connectivity index (χ2n) is 4.35. The topological polar surface area (TPSA) is 33.3 Å². The predicted molar refractivity (Wildman–Crippen MR) is 67.0 cm³/mol. The van der Waals surface area contributed by atoms with Crippen LogP contribution in [0.1, 0.15) is 32.6 Å². The molecule has 1 fully saturated rings. The van der Waals surface area contributed by atoms with Gasteiger partial charge in [-0.2, -0.15) is 0 Å². The van der Waals surface area contributed by atoms with Gasteiger partial charge in [-0.15, -0.1) is 0 Å². The average molecular weight is 230 g/mol. The maximum Gasteiger partial charge on any atom is 0.166 e. The summed E-state index contributed by atoms with van der Waals surface area (Å²) in [5.74, 6) is 0.887. The van der Waals surface area contributed by atoms with E-state index in [2.05, 4.69) is 17.6 Å². The minimum absolute atomic E-state index is 0.573. The third-order valence-electron chi connectivity index (χ3n) is 2.94. The van der Waals surface area contributed by atoms with Crippen LogP contribution < -0.4 is 10.6 Å². The summed E-state index contributed by atoms with van der Waals surface area (Å²) >= 11 is 5.20. The van der Waals surface area contributed by atoms with Gasteiger partial charge < -0.3 is 15.4 Å². The van der Waals surface area contributed by atoms with Crippen molar-refractivity contribution < 1.29 is 4.74 Å². The Morgan fingerprint density at radius 2 is 2.00 bits per heavy atom. The largest absolute Gasteiger partial charge is 0.383 e. The van der Waals surface area contributed by atoms with E-state index in [0.717, 1.165) is 17.6 Å². The molecule has 0 saturated heterocycles. The van der Waals surface area contributed by atoms with Crippen LogP contribution >= 0.6 is 12.2 Å². The minimum Gasteiger partial charge on any atom is -0.383 e. The molecule has 0 unspecified atom stereocenters. The highest BCUT2D eigenvalue weighted by Gasteiger charge is 2.18. The second-order valence-corrected chi connectivity index (χ2v) is 4.76. The molecular formula is C11H22N2OS. The Kier molecular flexibility index (Phi) is 5.95. The Labute approximate surface area is 98.0 Å². The van der Waals surface area contributed by atoms with E-state index in [1.54, 1.807) is 7.11 Å². The van der Waals surface area contributed by atoms with E-state index in [1.807, 2.05) is 0 Å². The molecule has 1 saturated carbocycles. The molecule has 0 radical (unpaired) electrons. The van der Waals surface area contributed by atoms with E-state index in [0.29, 0.717) is 12.6 Å². The van der Waals surface area contributed by atoms with Crippen LogP contribution in [0.5, 0.6) is 0 Å². The fraction of sp³-hybridized carbons (Fsp3) is 0.909. The molecular weight excluding hydrogens is 208 g/mol. The molecule has 0 atom stereocenters. The summed E-state index contributed by atoms with van der Waals surface area (Å²) in [6, 6.07) is 0.573. The Hall–Kier alpha value is -0.350. The van der Waals surface area contributed by atoms with Crippen molar-refractivity contribution in [2.45, 2.75) is 38.6 Å². The number of thiocarbonyl (C=S) groups is 1. The van der Waals surface area contributed by atoms with Gasteiger partial charge in [-0.1, -0.05) is 6.92 Å². The van der Waals surface area contributed by atoms with E-state index in [9.17, 15) is 0 Å². The lowest BCUT2D eigenvalue weighted by molar-refractivity contribution is 0.203. The first-order valence-corrected chi connectivity index (χ1v) is 6.16. The zero-order valence-electron chi connectivity index (χ0n) is 9.71. The van der Waals surface area contributed by atoms with Crippen LogP contribution in [-0.4, -0.2) is 31.4 Å². The number of hydrogen-bond donors (Lipinski definition) is 2. The van der Waals surface area contributed by atoms with Crippen molar-refractivity contribution in [2.75, 3.05) is 20.3 Å². The molecule has 4 heteroatoms. The Morgan fingerprint density at radius 3 is 2.60 bits per heavy atom. The fourth-order valence-corrected chi connectivity index (χ4v) is 2.18. The highest BCUT2D eigenvalue weighted by Crippen LogP contribution is 2.23. The van der Waals surface area contributed by atoms with Crippen molar-refractivity contribution >= 4 is 17.3 Å². The quantitative estimate of drug-likeness (QED) is 0.569. The summed E-state index contributed by atoms with van der Waals surface area (Å²) in [5.41, 5.74) is 0. The van der Waals surface area contributed by atoms with E-state index in [-0.39, 0.29) is 0 Å². The molecule has 0 aromatic rings. The molecule has 0 amide bonds. The Morgan fingerprint density at radius 1 is 1.33 bits per heavy atom. The normalized spacial score (nSPS) is 26.0. The first-order valence-electron chi connectivity index (χ1n) is 5.75. The van der Waals surface area contributed by atoms with E-state index in [4.69, 9.17) is 17.0 Å². The van der Waals surface area contributed by atoms with Crippen LogP contribution in [0, 0.1) is 5.92 Å². The van der Waals surface area contributed by atoms with Gasteiger partial charge in [-0.25, -0.2) is 0 Å². The van der Waals surface area contributed by atoms with Gasteiger partial charge in [0.1, 0.15) is 0 Å². The monoisotopic (exact) mass is 230 g/mol. The molecule has 3 nitrogen and oxygen atoms in total. The van der Waals surface area contributed by atoms with Gasteiger partial charge >= 0.3 is 0 Å². The lowest BCUT2D eigenvalue weighted by Gasteiger charge is -2.28. The minimum atomic E-state index is 0.573. The summed E-state index contributed by atoms with van der Waals surface area (Å²) in [6.07, 6.45) is 5.12. The van der Waals surface area contributed by atoms with Crippen LogP contribution in [0.2, 0.25) is 0 Å². The number of methoxy groups -OCH3 is 1. The molecule has 1 aliphatic carbocycles. The predicted octanol–water partition coefficient (Wildman–Crippen LogP) is 1.68. The maximum atomic E-state index is 5.20. The number of hydrogen-bond acceptors (Lipinski definition) is 2. The summed E-state index contributed by atoms with van der Waals surface area (Å²) in [5, 5.41) is 7.27. The van der Waals surface area contributed by atoms with Crippen molar-refractivity contribution in [3.05, 3.63) is 0 Å². The molecule has 0 bridgehead atoms. The zero-order valence-corrected chi connectivity index (χ0v) is 10.5. The zero-order chi connectivity index (χ0) is 11.1. The summed E-state index contributed by atoms with van der Waals surface area (Å²) in [4.78, 5) is 0. The number of rotatable bonds is 4. The third-order valence-corrected chi connectivity index (χ3v) is 3.21. The first kappa shape index (κ1) is 12.7. The third kappa shape index (κ3) is 5.33. The molecule has 1 rings (SSSR count). The van der Waals surface area contributed by atoms with Gasteiger partial charge in [0.05, 0.1) is 6.61 Å². The molecule has 0 heterocycles. The lowest BCUT2D eigenvalue weighted by Crippen LogP contribution is -2.44. The Balaban J connectivity index is 2.09.